The molecular formula is C13H23N3O2. The van der Waals surface area contributed by atoms with Crippen LogP contribution in [0.2, 0.25) is 0 Å². The fourth-order valence-electron chi connectivity index (χ4n) is 1.66. The highest BCUT2D eigenvalue weighted by molar-refractivity contribution is 5.92. The molecule has 1 rings (SSSR count). The van der Waals surface area contributed by atoms with Gasteiger partial charge in [-0.15, -0.1) is 0 Å². The van der Waals surface area contributed by atoms with Crippen molar-refractivity contribution in [2.24, 2.45) is 5.41 Å². The molecule has 1 atom stereocenters. The Hall–Kier alpha value is -1.36. The minimum Gasteiger partial charge on any atom is -0.361 e. The van der Waals surface area contributed by atoms with Crippen molar-refractivity contribution in [2.45, 2.75) is 40.2 Å². The van der Waals surface area contributed by atoms with E-state index in [0.717, 1.165) is 18.7 Å². The topological polar surface area (TPSA) is 67.2 Å². The van der Waals surface area contributed by atoms with Crippen molar-refractivity contribution in [3.05, 3.63) is 17.5 Å². The molecule has 1 unspecified atom stereocenters. The molecule has 5 heteroatoms. The number of rotatable bonds is 6. The molecule has 0 saturated carbocycles. The van der Waals surface area contributed by atoms with E-state index in [1.54, 1.807) is 6.07 Å². The molecule has 0 spiro atoms. The van der Waals surface area contributed by atoms with Gasteiger partial charge in [0.25, 0.3) is 5.91 Å². The molecule has 0 aliphatic heterocycles. The van der Waals surface area contributed by atoms with Gasteiger partial charge in [0.2, 0.25) is 0 Å². The molecule has 1 aromatic heterocycles. The summed E-state index contributed by atoms with van der Waals surface area (Å²) in [6.45, 7) is 8.99. The molecule has 0 bridgehead atoms. The number of carbonyl (C=O) groups excluding carboxylic acids is 1. The Bertz CT molecular complexity index is 399. The van der Waals surface area contributed by atoms with Gasteiger partial charge in [-0.1, -0.05) is 25.9 Å². The number of hydrogen-bond donors (Lipinski definition) is 2. The van der Waals surface area contributed by atoms with E-state index < -0.39 is 0 Å². The summed E-state index contributed by atoms with van der Waals surface area (Å²) in [5.74, 6) is 0.539. The Labute approximate surface area is 108 Å². The first-order valence-corrected chi connectivity index (χ1v) is 6.31. The zero-order valence-corrected chi connectivity index (χ0v) is 11.8. The van der Waals surface area contributed by atoms with Crippen LogP contribution in [0.5, 0.6) is 0 Å². The first kappa shape index (κ1) is 14.7. The molecule has 0 saturated heterocycles. The molecule has 0 radical (unpaired) electrons. The van der Waals surface area contributed by atoms with Crippen molar-refractivity contribution >= 4 is 5.91 Å². The lowest BCUT2D eigenvalue weighted by Gasteiger charge is -2.32. The standard InChI is InChI=1S/C13H23N3O2/c1-6-10-7-11(16-18-10)12(17)15-9(2)13(3,4)8-14-5/h7,9,14H,6,8H2,1-5H3,(H,15,17). The zero-order valence-electron chi connectivity index (χ0n) is 11.8. The van der Waals surface area contributed by atoms with Crippen LogP contribution in [-0.2, 0) is 6.42 Å². The number of aromatic nitrogens is 1. The van der Waals surface area contributed by atoms with Gasteiger partial charge in [-0.3, -0.25) is 4.79 Å². The summed E-state index contributed by atoms with van der Waals surface area (Å²) in [6.07, 6.45) is 0.737. The predicted molar refractivity (Wildman–Crippen MR) is 70.5 cm³/mol. The largest absolute Gasteiger partial charge is 0.361 e. The molecule has 5 nitrogen and oxygen atoms in total. The maximum Gasteiger partial charge on any atom is 0.273 e. The number of hydrogen-bond acceptors (Lipinski definition) is 4. The van der Waals surface area contributed by atoms with Crippen LogP contribution in [0.4, 0.5) is 0 Å². The van der Waals surface area contributed by atoms with E-state index in [9.17, 15) is 4.79 Å². The Morgan fingerprint density at radius 1 is 1.56 bits per heavy atom. The summed E-state index contributed by atoms with van der Waals surface area (Å²) in [7, 11) is 1.90. The van der Waals surface area contributed by atoms with E-state index in [1.807, 2.05) is 20.9 Å². The molecule has 2 N–H and O–H groups in total. The summed E-state index contributed by atoms with van der Waals surface area (Å²) in [5, 5.41) is 9.85. The summed E-state index contributed by atoms with van der Waals surface area (Å²) in [4.78, 5) is 12.0. The van der Waals surface area contributed by atoms with E-state index in [1.165, 1.54) is 0 Å². The van der Waals surface area contributed by atoms with E-state index in [2.05, 4.69) is 29.6 Å². The fraction of sp³-hybridized carbons (Fsp3) is 0.692. The summed E-state index contributed by atoms with van der Waals surface area (Å²) in [5.41, 5.74) is 0.320. The predicted octanol–water partition coefficient (Wildman–Crippen LogP) is 1.60. The van der Waals surface area contributed by atoms with Gasteiger partial charge in [0, 0.05) is 25.1 Å². The second-order valence-electron chi connectivity index (χ2n) is 5.25. The lowest BCUT2D eigenvalue weighted by Crippen LogP contribution is -2.47. The van der Waals surface area contributed by atoms with Gasteiger partial charge in [-0.05, 0) is 19.4 Å². The molecule has 0 fully saturated rings. The van der Waals surface area contributed by atoms with Gasteiger partial charge >= 0.3 is 0 Å². The molecular weight excluding hydrogens is 230 g/mol. The second kappa shape index (κ2) is 6.00. The lowest BCUT2D eigenvalue weighted by molar-refractivity contribution is 0.0894. The third-order valence-corrected chi connectivity index (χ3v) is 3.29. The molecule has 102 valence electrons. The number of aryl methyl sites for hydroxylation is 1. The molecule has 1 aromatic rings. The van der Waals surface area contributed by atoms with E-state index in [-0.39, 0.29) is 17.4 Å². The van der Waals surface area contributed by atoms with E-state index in [0.29, 0.717) is 5.69 Å². The molecule has 0 aliphatic carbocycles. The van der Waals surface area contributed by atoms with Crippen molar-refractivity contribution in [3.63, 3.8) is 0 Å². The average Bonchev–Trinajstić information content (AvgIpc) is 2.77. The van der Waals surface area contributed by atoms with Crippen molar-refractivity contribution in [3.8, 4) is 0 Å². The van der Waals surface area contributed by atoms with Crippen molar-refractivity contribution in [1.82, 2.24) is 15.8 Å². The van der Waals surface area contributed by atoms with Crippen LogP contribution >= 0.6 is 0 Å². The molecule has 0 aliphatic rings. The van der Waals surface area contributed by atoms with Crippen LogP contribution in [-0.4, -0.2) is 30.7 Å². The maximum absolute atomic E-state index is 12.0. The van der Waals surface area contributed by atoms with Crippen molar-refractivity contribution in [1.29, 1.82) is 0 Å². The van der Waals surface area contributed by atoms with Crippen LogP contribution in [0.15, 0.2) is 10.6 Å². The van der Waals surface area contributed by atoms with Crippen LogP contribution < -0.4 is 10.6 Å². The third-order valence-electron chi connectivity index (χ3n) is 3.29. The monoisotopic (exact) mass is 253 g/mol. The molecule has 18 heavy (non-hydrogen) atoms. The zero-order chi connectivity index (χ0) is 13.8. The highest BCUT2D eigenvalue weighted by Gasteiger charge is 2.27. The minimum atomic E-state index is -0.185. The van der Waals surface area contributed by atoms with Gasteiger partial charge in [-0.2, -0.15) is 0 Å². The first-order valence-electron chi connectivity index (χ1n) is 6.31. The smallest absolute Gasteiger partial charge is 0.273 e. The van der Waals surface area contributed by atoms with Crippen molar-refractivity contribution < 1.29 is 9.32 Å². The summed E-state index contributed by atoms with van der Waals surface area (Å²) < 4.78 is 5.03. The van der Waals surface area contributed by atoms with Crippen LogP contribution in [0.3, 0.4) is 0 Å². The molecule has 1 amide bonds. The van der Waals surface area contributed by atoms with E-state index >= 15 is 0 Å². The third kappa shape index (κ3) is 3.57. The number of amides is 1. The SMILES string of the molecule is CCc1cc(C(=O)NC(C)C(C)(C)CNC)no1. The lowest BCUT2D eigenvalue weighted by atomic mass is 9.85. The molecule has 1 heterocycles. The van der Waals surface area contributed by atoms with Gasteiger partial charge in [0.05, 0.1) is 0 Å². The van der Waals surface area contributed by atoms with Crippen LogP contribution in [0.1, 0.15) is 43.9 Å². The second-order valence-corrected chi connectivity index (χ2v) is 5.25. The number of nitrogens with zero attached hydrogens (tertiary/aromatic N) is 1. The van der Waals surface area contributed by atoms with Gasteiger partial charge in [0.15, 0.2) is 5.69 Å². The quantitative estimate of drug-likeness (QED) is 0.808. The minimum absolute atomic E-state index is 0.0261. The number of carbonyl (C=O) groups is 1. The first-order chi connectivity index (χ1) is 8.40. The highest BCUT2D eigenvalue weighted by atomic mass is 16.5. The van der Waals surface area contributed by atoms with E-state index in [4.69, 9.17) is 4.52 Å². The summed E-state index contributed by atoms with van der Waals surface area (Å²) >= 11 is 0. The Balaban J connectivity index is 2.64. The van der Waals surface area contributed by atoms with Gasteiger partial charge < -0.3 is 15.2 Å². The van der Waals surface area contributed by atoms with Crippen LogP contribution in [0.25, 0.3) is 0 Å². The summed E-state index contributed by atoms with van der Waals surface area (Å²) in [6, 6.07) is 1.73. The number of nitrogens with one attached hydrogen (secondary N) is 2. The van der Waals surface area contributed by atoms with Crippen LogP contribution in [0, 0.1) is 5.41 Å². The van der Waals surface area contributed by atoms with Gasteiger partial charge in [0.1, 0.15) is 5.76 Å². The average molecular weight is 253 g/mol. The maximum atomic E-state index is 12.0. The molecule has 0 aromatic carbocycles. The Morgan fingerprint density at radius 2 is 2.22 bits per heavy atom. The normalized spacial score (nSPS) is 13.4. The van der Waals surface area contributed by atoms with Crippen molar-refractivity contribution in [2.75, 3.05) is 13.6 Å². The Morgan fingerprint density at radius 3 is 2.72 bits per heavy atom. The highest BCUT2D eigenvalue weighted by Crippen LogP contribution is 2.19. The Kier molecular flexibility index (Phi) is 4.90. The fourth-order valence-corrected chi connectivity index (χ4v) is 1.66. The van der Waals surface area contributed by atoms with Gasteiger partial charge in [-0.25, -0.2) is 0 Å².